The molecule has 30 heavy (non-hydrogen) atoms. The van der Waals surface area contributed by atoms with Crippen LogP contribution >= 0.6 is 11.6 Å². The van der Waals surface area contributed by atoms with Crippen LogP contribution in [0.2, 0.25) is 5.02 Å². The molecule has 0 aliphatic carbocycles. The fourth-order valence-electron chi connectivity index (χ4n) is 4.00. The Labute approximate surface area is 179 Å². The Morgan fingerprint density at radius 3 is 2.87 bits per heavy atom. The summed E-state index contributed by atoms with van der Waals surface area (Å²) in [5.74, 6) is -0.303. The summed E-state index contributed by atoms with van der Waals surface area (Å²) in [4.78, 5) is 12.7. The minimum atomic E-state index is -0.647. The summed E-state index contributed by atoms with van der Waals surface area (Å²) < 4.78 is 23.2. The number of halogens is 2. The summed E-state index contributed by atoms with van der Waals surface area (Å²) in [6, 6.07) is 7.62. The van der Waals surface area contributed by atoms with Crippen molar-refractivity contribution in [1.29, 1.82) is 0 Å². The van der Waals surface area contributed by atoms with Crippen LogP contribution in [0.1, 0.15) is 37.4 Å². The van der Waals surface area contributed by atoms with Crippen molar-refractivity contribution in [3.63, 3.8) is 0 Å². The maximum atomic E-state index is 15.3. The van der Waals surface area contributed by atoms with Crippen LogP contribution in [0.5, 0.6) is 5.75 Å². The minimum Gasteiger partial charge on any atom is -0.487 e. The number of hydrogen-bond acceptors (Lipinski definition) is 4. The SMILES string of the molecule is Cc1cn2c3c(c(NC(C)CCc4ccccc4Cl)c(F)c(N)c3c1=O)OCC2C. The Balaban J connectivity index is 1.73. The predicted molar refractivity (Wildman–Crippen MR) is 120 cm³/mol. The van der Waals surface area contributed by atoms with Crippen molar-refractivity contribution in [2.75, 3.05) is 17.7 Å². The highest BCUT2D eigenvalue weighted by atomic mass is 35.5. The fraction of sp³-hybridized carbons (Fsp3) is 0.348. The maximum Gasteiger partial charge on any atom is 0.194 e. The van der Waals surface area contributed by atoms with Crippen LogP contribution < -0.4 is 21.2 Å². The van der Waals surface area contributed by atoms with Gasteiger partial charge in [-0.25, -0.2) is 4.39 Å². The molecule has 1 aliphatic heterocycles. The van der Waals surface area contributed by atoms with Gasteiger partial charge in [-0.15, -0.1) is 0 Å². The molecule has 3 N–H and O–H groups in total. The van der Waals surface area contributed by atoms with Gasteiger partial charge in [-0.05, 0) is 45.2 Å². The van der Waals surface area contributed by atoms with Crippen LogP contribution in [0, 0.1) is 12.7 Å². The predicted octanol–water partition coefficient (Wildman–Crippen LogP) is 5.07. The first-order valence-corrected chi connectivity index (χ1v) is 10.5. The fourth-order valence-corrected chi connectivity index (χ4v) is 4.23. The van der Waals surface area contributed by atoms with Crippen LogP contribution in [0.15, 0.2) is 35.3 Å². The number of anilines is 2. The average Bonchev–Trinajstić information content (AvgIpc) is 2.72. The number of ether oxygens (including phenoxy) is 1. The number of rotatable bonds is 5. The molecule has 0 spiro atoms. The van der Waals surface area contributed by atoms with E-state index in [1.165, 1.54) is 0 Å². The molecule has 2 heterocycles. The summed E-state index contributed by atoms with van der Waals surface area (Å²) in [6.45, 7) is 6.06. The van der Waals surface area contributed by atoms with E-state index in [4.69, 9.17) is 22.1 Å². The van der Waals surface area contributed by atoms with Crippen molar-refractivity contribution in [3.05, 3.63) is 62.7 Å². The van der Waals surface area contributed by atoms with Gasteiger partial charge in [-0.1, -0.05) is 29.8 Å². The molecule has 0 amide bonds. The quantitative estimate of drug-likeness (QED) is 0.555. The molecule has 1 aromatic heterocycles. The first kappa shape index (κ1) is 20.5. The van der Waals surface area contributed by atoms with Gasteiger partial charge in [-0.3, -0.25) is 4.79 Å². The Bertz CT molecular complexity index is 1190. The molecule has 0 saturated heterocycles. The molecule has 7 heteroatoms. The van der Waals surface area contributed by atoms with E-state index in [-0.39, 0.29) is 34.3 Å². The van der Waals surface area contributed by atoms with Gasteiger partial charge in [0.1, 0.15) is 12.3 Å². The van der Waals surface area contributed by atoms with Gasteiger partial charge < -0.3 is 20.4 Å². The van der Waals surface area contributed by atoms with E-state index in [0.717, 1.165) is 23.4 Å². The van der Waals surface area contributed by atoms with Crippen molar-refractivity contribution in [2.24, 2.45) is 0 Å². The molecule has 2 unspecified atom stereocenters. The number of pyridine rings is 1. The van der Waals surface area contributed by atoms with E-state index in [0.29, 0.717) is 23.4 Å². The first-order chi connectivity index (χ1) is 14.3. The zero-order chi connectivity index (χ0) is 21.6. The van der Waals surface area contributed by atoms with Crippen LogP contribution in [0.3, 0.4) is 0 Å². The largest absolute Gasteiger partial charge is 0.487 e. The molecular formula is C23H25ClFN3O2. The van der Waals surface area contributed by atoms with Gasteiger partial charge >= 0.3 is 0 Å². The lowest BCUT2D eigenvalue weighted by molar-refractivity contribution is 0.247. The Hall–Kier alpha value is -2.73. The molecule has 0 fully saturated rings. The van der Waals surface area contributed by atoms with E-state index in [2.05, 4.69) is 5.32 Å². The molecule has 1 aliphatic rings. The van der Waals surface area contributed by atoms with Gasteiger partial charge in [0.05, 0.1) is 22.6 Å². The molecule has 0 saturated carbocycles. The molecule has 0 bridgehead atoms. The summed E-state index contributed by atoms with van der Waals surface area (Å²) >= 11 is 6.24. The lowest BCUT2D eigenvalue weighted by atomic mass is 10.0. The van der Waals surface area contributed by atoms with Crippen molar-refractivity contribution in [2.45, 2.75) is 45.7 Å². The minimum absolute atomic E-state index is 0.00894. The van der Waals surface area contributed by atoms with Crippen LogP contribution in [-0.2, 0) is 6.42 Å². The highest BCUT2D eigenvalue weighted by Crippen LogP contribution is 2.43. The number of benzene rings is 2. The monoisotopic (exact) mass is 429 g/mol. The number of nitrogens with zero attached hydrogens (tertiary/aromatic N) is 1. The Morgan fingerprint density at radius 2 is 2.13 bits per heavy atom. The van der Waals surface area contributed by atoms with Gasteiger partial charge in [0, 0.05) is 22.8 Å². The molecule has 2 atom stereocenters. The van der Waals surface area contributed by atoms with Crippen molar-refractivity contribution in [1.82, 2.24) is 4.57 Å². The molecule has 158 valence electrons. The van der Waals surface area contributed by atoms with Gasteiger partial charge in [0.25, 0.3) is 0 Å². The number of nitrogen functional groups attached to an aromatic ring is 1. The van der Waals surface area contributed by atoms with Gasteiger partial charge in [0.15, 0.2) is 17.0 Å². The van der Waals surface area contributed by atoms with Crippen LogP contribution in [0.4, 0.5) is 15.8 Å². The van der Waals surface area contributed by atoms with Crippen LogP contribution in [-0.4, -0.2) is 17.2 Å². The maximum absolute atomic E-state index is 15.3. The third-order valence-electron chi connectivity index (χ3n) is 5.72. The standard InChI is InChI=1S/C23H25ClFN3O2/c1-12-10-28-14(3)11-30-23-20(18(25)19(26)17(21(23)28)22(12)29)27-13(2)8-9-15-6-4-5-7-16(15)24/h4-7,10,13-14,27H,8-9,11,26H2,1-3H3. The van der Waals surface area contributed by atoms with E-state index < -0.39 is 5.82 Å². The summed E-state index contributed by atoms with van der Waals surface area (Å²) in [5.41, 5.74) is 8.02. The third-order valence-corrected chi connectivity index (χ3v) is 6.09. The zero-order valence-corrected chi connectivity index (χ0v) is 18.0. The summed E-state index contributed by atoms with van der Waals surface area (Å²) in [7, 11) is 0. The molecule has 4 rings (SSSR count). The van der Waals surface area contributed by atoms with Crippen LogP contribution in [0.25, 0.3) is 10.9 Å². The normalized spacial score (nSPS) is 16.4. The third kappa shape index (κ3) is 3.39. The molecule has 2 aromatic carbocycles. The van der Waals surface area contributed by atoms with E-state index in [1.54, 1.807) is 13.1 Å². The smallest absolute Gasteiger partial charge is 0.194 e. The second kappa shape index (κ2) is 7.84. The Morgan fingerprint density at radius 1 is 1.40 bits per heavy atom. The first-order valence-electron chi connectivity index (χ1n) is 10.1. The van der Waals surface area contributed by atoms with Crippen molar-refractivity contribution < 1.29 is 9.13 Å². The number of nitrogens with one attached hydrogen (secondary N) is 1. The lowest BCUT2D eigenvalue weighted by Crippen LogP contribution is -2.27. The van der Waals surface area contributed by atoms with E-state index in [1.807, 2.05) is 42.7 Å². The molecule has 5 nitrogen and oxygen atoms in total. The lowest BCUT2D eigenvalue weighted by Gasteiger charge is -2.30. The van der Waals surface area contributed by atoms with Crippen molar-refractivity contribution >= 4 is 33.9 Å². The zero-order valence-electron chi connectivity index (χ0n) is 17.3. The van der Waals surface area contributed by atoms with Gasteiger partial charge in [-0.2, -0.15) is 0 Å². The molecule has 3 aromatic rings. The number of aryl methyl sites for hydroxylation is 2. The molecule has 0 radical (unpaired) electrons. The number of aromatic nitrogens is 1. The highest BCUT2D eigenvalue weighted by molar-refractivity contribution is 6.31. The number of nitrogens with two attached hydrogens (primary N) is 1. The topological polar surface area (TPSA) is 69.3 Å². The number of hydrogen-bond donors (Lipinski definition) is 2. The molecular weight excluding hydrogens is 405 g/mol. The second-order valence-electron chi connectivity index (χ2n) is 8.04. The highest BCUT2D eigenvalue weighted by Gasteiger charge is 2.29. The summed E-state index contributed by atoms with van der Waals surface area (Å²) in [5, 5.41) is 4.13. The van der Waals surface area contributed by atoms with Gasteiger partial charge in [0.2, 0.25) is 0 Å². The van der Waals surface area contributed by atoms with Crippen molar-refractivity contribution in [3.8, 4) is 5.75 Å². The average molecular weight is 430 g/mol. The van der Waals surface area contributed by atoms with E-state index in [9.17, 15) is 4.79 Å². The Kier molecular flexibility index (Phi) is 5.36. The van der Waals surface area contributed by atoms with E-state index >= 15 is 4.39 Å². The second-order valence-corrected chi connectivity index (χ2v) is 8.45. The summed E-state index contributed by atoms with van der Waals surface area (Å²) in [6.07, 6.45) is 3.27.